The van der Waals surface area contributed by atoms with Gasteiger partial charge in [0.25, 0.3) is 0 Å². The van der Waals surface area contributed by atoms with Crippen LogP contribution in [0.3, 0.4) is 0 Å². The van der Waals surface area contributed by atoms with Crippen LogP contribution < -0.4 is 0 Å². The summed E-state index contributed by atoms with van der Waals surface area (Å²) in [6.07, 6.45) is 2.67. The Labute approximate surface area is 95.6 Å². The molecule has 0 aromatic rings. The van der Waals surface area contributed by atoms with Crippen LogP contribution >= 0.6 is 0 Å². The molecule has 0 aromatic heterocycles. The molecule has 0 aromatic carbocycles. The summed E-state index contributed by atoms with van der Waals surface area (Å²) in [6.45, 7) is 15.6. The van der Waals surface area contributed by atoms with Crippen molar-refractivity contribution in [3.05, 3.63) is 0 Å². The fourth-order valence-electron chi connectivity index (χ4n) is 2.37. The molecule has 1 rings (SSSR count). The highest BCUT2D eigenvalue weighted by Crippen LogP contribution is 2.12. The van der Waals surface area contributed by atoms with Crippen molar-refractivity contribution in [2.45, 2.75) is 46.6 Å². The SMILES string of the molecule is CCC(CC)CN1CCN(C(C)C)CC1. The van der Waals surface area contributed by atoms with Crippen LogP contribution in [0, 0.1) is 5.92 Å². The van der Waals surface area contributed by atoms with E-state index in [1.54, 1.807) is 0 Å². The molecule has 1 saturated heterocycles. The maximum atomic E-state index is 2.65. The van der Waals surface area contributed by atoms with E-state index >= 15 is 0 Å². The van der Waals surface area contributed by atoms with Gasteiger partial charge in [-0.2, -0.15) is 0 Å². The lowest BCUT2D eigenvalue weighted by Crippen LogP contribution is -2.49. The number of hydrogen-bond donors (Lipinski definition) is 0. The lowest BCUT2D eigenvalue weighted by atomic mass is 10.0. The minimum atomic E-state index is 0.722. The van der Waals surface area contributed by atoms with Crippen LogP contribution in [-0.4, -0.2) is 48.6 Å². The first-order chi connectivity index (χ1) is 7.17. The number of hydrogen-bond acceptors (Lipinski definition) is 2. The van der Waals surface area contributed by atoms with E-state index in [2.05, 4.69) is 37.5 Å². The molecule has 1 heterocycles. The Balaban J connectivity index is 2.25. The highest BCUT2D eigenvalue weighted by Gasteiger charge is 2.19. The highest BCUT2D eigenvalue weighted by molar-refractivity contribution is 4.75. The van der Waals surface area contributed by atoms with Crippen molar-refractivity contribution in [2.75, 3.05) is 32.7 Å². The molecular weight excluding hydrogens is 184 g/mol. The standard InChI is InChI=1S/C13H28N2/c1-5-13(6-2)11-14-7-9-15(10-8-14)12(3)4/h12-13H,5-11H2,1-4H3. The van der Waals surface area contributed by atoms with Crippen LogP contribution in [-0.2, 0) is 0 Å². The molecule has 0 bridgehead atoms. The van der Waals surface area contributed by atoms with Gasteiger partial charge < -0.3 is 4.90 Å². The molecule has 0 spiro atoms. The van der Waals surface area contributed by atoms with Crippen LogP contribution in [0.4, 0.5) is 0 Å². The molecular formula is C13H28N2. The second kappa shape index (κ2) is 6.49. The first-order valence-electron chi connectivity index (χ1n) is 6.63. The Morgan fingerprint density at radius 1 is 0.933 bits per heavy atom. The largest absolute Gasteiger partial charge is 0.301 e. The van der Waals surface area contributed by atoms with Gasteiger partial charge in [0.2, 0.25) is 0 Å². The maximum Gasteiger partial charge on any atom is 0.0113 e. The summed E-state index contributed by atoms with van der Waals surface area (Å²) in [7, 11) is 0. The Kier molecular flexibility index (Phi) is 5.62. The van der Waals surface area contributed by atoms with Gasteiger partial charge in [0.05, 0.1) is 0 Å². The fourth-order valence-corrected chi connectivity index (χ4v) is 2.37. The highest BCUT2D eigenvalue weighted by atomic mass is 15.3. The number of nitrogens with zero attached hydrogens (tertiary/aromatic N) is 2. The fraction of sp³-hybridized carbons (Fsp3) is 1.00. The third-order valence-corrected chi connectivity index (χ3v) is 3.81. The summed E-state index contributed by atoms with van der Waals surface area (Å²) < 4.78 is 0. The first-order valence-corrected chi connectivity index (χ1v) is 6.63. The molecule has 0 amide bonds. The van der Waals surface area contributed by atoms with Crippen molar-refractivity contribution in [2.24, 2.45) is 5.92 Å². The first kappa shape index (κ1) is 13.0. The molecule has 0 aliphatic carbocycles. The molecule has 0 atom stereocenters. The van der Waals surface area contributed by atoms with Gasteiger partial charge >= 0.3 is 0 Å². The maximum absolute atomic E-state index is 2.65. The number of rotatable bonds is 5. The minimum absolute atomic E-state index is 0.722. The normalized spacial score (nSPS) is 20.4. The van der Waals surface area contributed by atoms with Crippen LogP contribution in [0.2, 0.25) is 0 Å². The second-order valence-corrected chi connectivity index (χ2v) is 5.11. The molecule has 15 heavy (non-hydrogen) atoms. The average Bonchev–Trinajstić information content (AvgIpc) is 2.26. The van der Waals surface area contributed by atoms with Gasteiger partial charge in [0, 0.05) is 38.8 Å². The summed E-state index contributed by atoms with van der Waals surface area (Å²) in [5.41, 5.74) is 0. The molecule has 2 heteroatoms. The smallest absolute Gasteiger partial charge is 0.0113 e. The Morgan fingerprint density at radius 2 is 1.47 bits per heavy atom. The Hall–Kier alpha value is -0.0800. The predicted octanol–water partition coefficient (Wildman–Crippen LogP) is 2.45. The zero-order chi connectivity index (χ0) is 11.3. The zero-order valence-corrected chi connectivity index (χ0v) is 11.0. The van der Waals surface area contributed by atoms with E-state index in [0.29, 0.717) is 0 Å². The van der Waals surface area contributed by atoms with E-state index < -0.39 is 0 Å². The molecule has 1 aliphatic rings. The van der Waals surface area contributed by atoms with Crippen LogP contribution in [0.5, 0.6) is 0 Å². The Bertz CT molecular complexity index is 156. The van der Waals surface area contributed by atoms with Crippen molar-refractivity contribution < 1.29 is 0 Å². The monoisotopic (exact) mass is 212 g/mol. The lowest BCUT2D eigenvalue weighted by molar-refractivity contribution is 0.0955. The molecule has 0 radical (unpaired) electrons. The quantitative estimate of drug-likeness (QED) is 0.691. The van der Waals surface area contributed by atoms with E-state index in [9.17, 15) is 0 Å². The van der Waals surface area contributed by atoms with Gasteiger partial charge in [-0.3, -0.25) is 4.90 Å². The molecule has 0 N–H and O–H groups in total. The summed E-state index contributed by atoms with van der Waals surface area (Å²) in [5, 5.41) is 0. The predicted molar refractivity (Wildman–Crippen MR) is 67.2 cm³/mol. The molecule has 1 aliphatic heterocycles. The lowest BCUT2D eigenvalue weighted by Gasteiger charge is -2.38. The Morgan fingerprint density at radius 3 is 1.87 bits per heavy atom. The van der Waals surface area contributed by atoms with Gasteiger partial charge in [-0.1, -0.05) is 26.7 Å². The van der Waals surface area contributed by atoms with Gasteiger partial charge in [0.1, 0.15) is 0 Å². The zero-order valence-electron chi connectivity index (χ0n) is 11.0. The number of piperazine rings is 1. The van der Waals surface area contributed by atoms with Crippen molar-refractivity contribution in [1.82, 2.24) is 9.80 Å². The van der Waals surface area contributed by atoms with E-state index in [1.807, 2.05) is 0 Å². The molecule has 2 nitrogen and oxygen atoms in total. The molecule has 0 saturated carbocycles. The van der Waals surface area contributed by atoms with Crippen molar-refractivity contribution in [1.29, 1.82) is 0 Å². The minimum Gasteiger partial charge on any atom is -0.301 e. The summed E-state index contributed by atoms with van der Waals surface area (Å²) >= 11 is 0. The topological polar surface area (TPSA) is 6.48 Å². The average molecular weight is 212 g/mol. The van der Waals surface area contributed by atoms with Crippen LogP contribution in [0.25, 0.3) is 0 Å². The van der Waals surface area contributed by atoms with Gasteiger partial charge in [-0.25, -0.2) is 0 Å². The summed E-state index contributed by atoms with van der Waals surface area (Å²) in [6, 6.07) is 0.722. The van der Waals surface area contributed by atoms with E-state index in [0.717, 1.165) is 12.0 Å². The van der Waals surface area contributed by atoms with Gasteiger partial charge in [-0.15, -0.1) is 0 Å². The summed E-state index contributed by atoms with van der Waals surface area (Å²) in [5.74, 6) is 0.913. The molecule has 1 fully saturated rings. The van der Waals surface area contributed by atoms with Crippen LogP contribution in [0.15, 0.2) is 0 Å². The van der Waals surface area contributed by atoms with E-state index in [4.69, 9.17) is 0 Å². The van der Waals surface area contributed by atoms with Crippen LogP contribution in [0.1, 0.15) is 40.5 Å². The van der Waals surface area contributed by atoms with Gasteiger partial charge in [-0.05, 0) is 19.8 Å². The van der Waals surface area contributed by atoms with Crippen molar-refractivity contribution >= 4 is 0 Å². The molecule has 90 valence electrons. The third kappa shape index (κ3) is 4.12. The third-order valence-electron chi connectivity index (χ3n) is 3.81. The van der Waals surface area contributed by atoms with Gasteiger partial charge in [0.15, 0.2) is 0 Å². The van der Waals surface area contributed by atoms with Crippen molar-refractivity contribution in [3.8, 4) is 0 Å². The second-order valence-electron chi connectivity index (χ2n) is 5.11. The van der Waals surface area contributed by atoms with E-state index in [1.165, 1.54) is 45.6 Å². The van der Waals surface area contributed by atoms with E-state index in [-0.39, 0.29) is 0 Å². The molecule has 0 unspecified atom stereocenters. The summed E-state index contributed by atoms with van der Waals surface area (Å²) in [4.78, 5) is 5.24. The van der Waals surface area contributed by atoms with Crippen molar-refractivity contribution in [3.63, 3.8) is 0 Å².